The van der Waals surface area contributed by atoms with Gasteiger partial charge in [0.15, 0.2) is 11.6 Å². The molecule has 3 radical (unpaired) electrons. The third-order valence-corrected chi connectivity index (χ3v) is 29.4. The van der Waals surface area contributed by atoms with E-state index in [9.17, 15) is 0 Å². The minimum absolute atomic E-state index is 0. The maximum atomic E-state index is 5.20. The molecule has 24 aromatic rings. The van der Waals surface area contributed by atoms with Crippen molar-refractivity contribution < 1.29 is 60.3 Å². The predicted octanol–water partition coefficient (Wildman–Crippen LogP) is 32.7. The number of aromatic nitrogens is 9. The molecule has 7 aromatic heterocycles. The van der Waals surface area contributed by atoms with E-state index in [0.717, 1.165) is 100 Å². The Balaban J connectivity index is 0.000000122. The zero-order valence-corrected chi connectivity index (χ0v) is 87.1. The summed E-state index contributed by atoms with van der Waals surface area (Å²) in [5.41, 5.74) is 44.3. The predicted molar refractivity (Wildman–Crippen MR) is 577 cm³/mol. The van der Waals surface area contributed by atoms with E-state index in [1.807, 2.05) is 91.4 Å². The summed E-state index contributed by atoms with van der Waals surface area (Å²) in [6.45, 7) is 18.3. The molecule has 0 saturated carbocycles. The van der Waals surface area contributed by atoms with Gasteiger partial charge >= 0.3 is 0 Å². The van der Waals surface area contributed by atoms with Crippen LogP contribution in [0.2, 0.25) is 0 Å². The van der Waals surface area contributed by atoms with Crippen LogP contribution >= 0.6 is 0 Å². The van der Waals surface area contributed by atoms with Crippen LogP contribution in [0.1, 0.15) is 86.1 Å². The summed E-state index contributed by atoms with van der Waals surface area (Å²) in [5.74, 6) is 1.85. The van der Waals surface area contributed by atoms with Gasteiger partial charge in [-0.1, -0.05) is 307 Å². The van der Waals surface area contributed by atoms with Gasteiger partial charge in [-0.2, -0.15) is 9.97 Å². The number of para-hydroxylation sites is 2. The van der Waals surface area contributed by atoms with Gasteiger partial charge in [0.25, 0.3) is 0 Å². The van der Waals surface area contributed by atoms with Crippen molar-refractivity contribution in [3.05, 3.63) is 488 Å². The minimum Gasteiger partial charge on any atom is -0.327 e. The molecule has 0 bridgehead atoms. The molecule has 12 heteroatoms. The molecule has 0 saturated heterocycles. The molecule has 9 nitrogen and oxygen atoms in total. The van der Waals surface area contributed by atoms with Crippen molar-refractivity contribution in [1.29, 1.82) is 0 Å². The Bertz CT molecular complexity index is 9040. The van der Waals surface area contributed by atoms with Gasteiger partial charge < -0.3 is 24.1 Å². The first-order chi connectivity index (χ1) is 68.5. The van der Waals surface area contributed by atoms with E-state index in [4.69, 9.17) is 19.9 Å². The molecule has 0 spiro atoms. The second-order valence-electron chi connectivity index (χ2n) is 38.8. The normalized spacial score (nSPS) is 12.9. The molecular weight excluding hydrogens is 2280 g/mol. The standard InChI is InChI=1S/C48H34N5.C44H31N2.C39H29N2.3Ir/c1-30-14-13-25-49-44(30)35-20-12-19-33(26-35)34-23-24-42-38(27-34)39-28-37-36-21-10-11-22-40(36)48(2,3)41(37)29-43(39)53(42)47-51-45(31-15-6-4-7-16-31)50-46(52-47)32-17-8-5-9-18-32;1-44(2)39-25-31(29-12-5-3-6-13-29)20-22-35(39)37-26-38-36-18-9-10-19-42(36)46(43(38)27-40(37)44)34-17-11-16-32(24-34)41-23-21-33(28-45-41)30-14-7-4-8-15-30;1-25-11-10-20-40-38(25)28-13-9-12-26(21-28)27-18-19-36-32(22-27)33-23-31-30-16-7-8-17-34(30)39(2,3)35(31)24-37(33)41(36)29-14-5-4-6-15-29;;;/h4-19,21-29H,1-3H3;3-15,17-28H,1-2H3;4-12,14-24H,1-3H3;;;/q3*-1;;;. The van der Waals surface area contributed by atoms with E-state index in [0.29, 0.717) is 17.6 Å². The molecule has 3 aliphatic rings. The van der Waals surface area contributed by atoms with Gasteiger partial charge in [0.1, 0.15) is 0 Å². The largest absolute Gasteiger partial charge is 0.327 e. The summed E-state index contributed by atoms with van der Waals surface area (Å²) in [6.07, 6.45) is 5.65. The van der Waals surface area contributed by atoms with Crippen molar-refractivity contribution in [3.63, 3.8) is 0 Å². The second-order valence-corrected chi connectivity index (χ2v) is 38.8. The molecule has 0 aliphatic heterocycles. The van der Waals surface area contributed by atoms with Crippen molar-refractivity contribution >= 4 is 65.4 Å². The van der Waals surface area contributed by atoms with Crippen molar-refractivity contribution in [2.24, 2.45) is 0 Å². The van der Waals surface area contributed by atoms with Crippen molar-refractivity contribution in [2.45, 2.75) is 71.6 Å². The zero-order valence-electron chi connectivity index (χ0n) is 79.9. The Hall–Kier alpha value is -15.5. The molecule has 17 aromatic carbocycles. The van der Waals surface area contributed by atoms with Crippen LogP contribution in [-0.2, 0) is 76.6 Å². The van der Waals surface area contributed by atoms with Crippen LogP contribution in [0.3, 0.4) is 0 Å². The van der Waals surface area contributed by atoms with Crippen LogP contribution in [-0.4, -0.2) is 43.6 Å². The summed E-state index contributed by atoms with van der Waals surface area (Å²) in [6, 6.07) is 155. The average molecular weight is 2370 g/mol. The number of hydrogen-bond acceptors (Lipinski definition) is 6. The fourth-order valence-electron chi connectivity index (χ4n) is 22.2. The van der Waals surface area contributed by atoms with Gasteiger partial charge in [0.2, 0.25) is 5.95 Å². The van der Waals surface area contributed by atoms with Gasteiger partial charge in [0, 0.05) is 144 Å². The zero-order chi connectivity index (χ0) is 94.2. The van der Waals surface area contributed by atoms with Crippen molar-refractivity contribution in [3.8, 4) is 152 Å². The number of fused-ring (bicyclic) bond motifs is 18. The molecule has 7 heterocycles. The van der Waals surface area contributed by atoms with Crippen molar-refractivity contribution in [2.75, 3.05) is 0 Å². The number of nitrogens with zero attached hydrogens (tertiary/aromatic N) is 9. The molecule has 27 rings (SSSR count). The first kappa shape index (κ1) is 92.6. The van der Waals surface area contributed by atoms with E-state index in [1.54, 1.807) is 0 Å². The maximum Gasteiger partial charge on any atom is 0.238 e. The molecule has 0 N–H and O–H groups in total. The number of benzene rings is 17. The van der Waals surface area contributed by atoms with Crippen LogP contribution in [0, 0.1) is 32.0 Å². The van der Waals surface area contributed by atoms with Gasteiger partial charge in [-0.25, -0.2) is 4.98 Å². The molecule has 0 amide bonds. The third-order valence-electron chi connectivity index (χ3n) is 29.4. The SMILES string of the molecule is CC1(C)c2cc(-c3ccccc3)ccc2-c2cc3c4ccccc4n(-c4cc[c-]c(-c5ccc(-c6ccccc6)cn5)c4)c3cc21.Cc1cccnc1-c1[c-]ccc(-c2ccc3c(c2)c2cc4c(cc2n3-c2ccccc2)C(C)(C)c2ccccc2-4)c1.Cc1cccnc1-c1[c-]ccc(-c2ccc3c(c2)c2cc4c(cc2n3-c2nc(-c3ccccc3)nc(-c3ccccc3)n2)C(C)(C)c2ccccc2-4)c1.[Ir].[Ir].[Ir]. The quantitative estimate of drug-likeness (QED) is 0.113. The first-order valence-corrected chi connectivity index (χ1v) is 48.1. The van der Waals surface area contributed by atoms with Gasteiger partial charge in [-0.05, 0) is 234 Å². The Morgan fingerprint density at radius 1 is 0.231 bits per heavy atom. The summed E-state index contributed by atoms with van der Waals surface area (Å²) >= 11 is 0. The monoisotopic (exact) mass is 2370 g/mol. The second kappa shape index (κ2) is 37.2. The Morgan fingerprint density at radius 3 is 1.12 bits per heavy atom. The van der Waals surface area contributed by atoms with E-state index in [2.05, 4.69) is 431 Å². The van der Waals surface area contributed by atoms with Crippen molar-refractivity contribution in [1.82, 2.24) is 43.6 Å². The number of pyridine rings is 3. The molecule has 693 valence electrons. The van der Waals surface area contributed by atoms with Crippen LogP contribution in [0.4, 0.5) is 0 Å². The molecular formula is C131H94Ir3N9-3. The van der Waals surface area contributed by atoms with Gasteiger partial charge in [-0.15, -0.1) is 101 Å². The molecule has 0 unspecified atom stereocenters. The number of hydrogen-bond donors (Lipinski definition) is 0. The van der Waals surface area contributed by atoms with E-state index >= 15 is 0 Å². The summed E-state index contributed by atoms with van der Waals surface area (Å²) in [7, 11) is 0. The van der Waals surface area contributed by atoms with Crippen LogP contribution in [0.5, 0.6) is 0 Å². The number of rotatable bonds is 12. The number of aryl methyl sites for hydroxylation is 2. The fraction of sp³-hybridized carbons (Fsp3) is 0.0840. The Labute approximate surface area is 873 Å². The van der Waals surface area contributed by atoms with Crippen LogP contribution in [0.15, 0.2) is 425 Å². The van der Waals surface area contributed by atoms with Crippen LogP contribution in [0.25, 0.3) is 217 Å². The Morgan fingerprint density at radius 2 is 0.608 bits per heavy atom. The topological polar surface area (TPSA) is 92.1 Å². The van der Waals surface area contributed by atoms with E-state index in [1.165, 1.54) is 144 Å². The van der Waals surface area contributed by atoms with E-state index in [-0.39, 0.29) is 76.6 Å². The van der Waals surface area contributed by atoms with Crippen LogP contribution < -0.4 is 0 Å². The molecule has 0 atom stereocenters. The fourth-order valence-corrected chi connectivity index (χ4v) is 22.2. The molecule has 3 aliphatic carbocycles. The Kier molecular flexibility index (Phi) is 24.1. The van der Waals surface area contributed by atoms with E-state index < -0.39 is 0 Å². The summed E-state index contributed by atoms with van der Waals surface area (Å²) < 4.78 is 7.07. The third kappa shape index (κ3) is 16.0. The molecule has 143 heavy (non-hydrogen) atoms. The van der Waals surface area contributed by atoms with Gasteiger partial charge in [-0.3, -0.25) is 4.57 Å². The molecule has 0 fully saturated rings. The smallest absolute Gasteiger partial charge is 0.238 e. The average Bonchev–Trinajstić information content (AvgIpc) is 1.55. The first-order valence-electron chi connectivity index (χ1n) is 48.1. The summed E-state index contributed by atoms with van der Waals surface area (Å²) in [4.78, 5) is 29.6. The van der Waals surface area contributed by atoms with Gasteiger partial charge in [0.05, 0.1) is 33.1 Å². The summed E-state index contributed by atoms with van der Waals surface area (Å²) in [5, 5.41) is 7.35. The minimum atomic E-state index is -0.170. The maximum absolute atomic E-state index is 5.20.